The number of nitrogens with zero attached hydrogens (tertiary/aromatic N) is 1. The molecule has 0 bridgehead atoms. The van der Waals surface area contributed by atoms with Crippen molar-refractivity contribution in [2.45, 2.75) is 20.3 Å². The Morgan fingerprint density at radius 1 is 1.59 bits per heavy atom. The fourth-order valence-electron chi connectivity index (χ4n) is 1.97. The number of imide groups is 1. The second-order valence-corrected chi connectivity index (χ2v) is 5.35. The van der Waals surface area contributed by atoms with Crippen LogP contribution in [0.2, 0.25) is 0 Å². The molecule has 0 aliphatic carbocycles. The molecule has 5 heteroatoms. The van der Waals surface area contributed by atoms with Crippen molar-refractivity contribution in [2.75, 3.05) is 6.54 Å². The summed E-state index contributed by atoms with van der Waals surface area (Å²) in [7, 11) is 0. The molecule has 1 aromatic heterocycles. The molecule has 2 rings (SSSR count). The number of hydrogen-bond donors (Lipinski definition) is 0. The molecule has 1 atom stereocenters. The van der Waals surface area contributed by atoms with Crippen LogP contribution in [-0.2, 0) is 4.79 Å². The number of carbonyl (C=O) groups is 2. The lowest BCUT2D eigenvalue weighted by atomic mass is 9.95. The third kappa shape index (κ3) is 2.29. The molecule has 2 amide bonds. The van der Waals surface area contributed by atoms with Gasteiger partial charge in [0.1, 0.15) is 0 Å². The van der Waals surface area contributed by atoms with Gasteiger partial charge in [-0.05, 0) is 33.8 Å². The van der Waals surface area contributed by atoms with Gasteiger partial charge in [-0.25, -0.2) is 0 Å². The van der Waals surface area contributed by atoms with Gasteiger partial charge in [-0.15, -0.1) is 0 Å². The zero-order chi connectivity index (χ0) is 12.6. The van der Waals surface area contributed by atoms with Gasteiger partial charge >= 0.3 is 0 Å². The third-order valence-corrected chi connectivity index (χ3v) is 3.81. The van der Waals surface area contributed by atoms with E-state index in [4.69, 9.17) is 4.42 Å². The van der Waals surface area contributed by atoms with Gasteiger partial charge in [0, 0.05) is 13.0 Å². The molecular weight excluding hydrogens is 286 g/mol. The van der Waals surface area contributed by atoms with Crippen LogP contribution in [-0.4, -0.2) is 23.3 Å². The largest absolute Gasteiger partial charge is 0.457 e. The highest BCUT2D eigenvalue weighted by Crippen LogP contribution is 2.28. The Bertz CT molecular complexity index is 452. The predicted molar refractivity (Wildman–Crippen MR) is 65.4 cm³/mol. The summed E-state index contributed by atoms with van der Waals surface area (Å²) < 4.78 is 5.39. The highest BCUT2D eigenvalue weighted by Gasteiger charge is 2.36. The second-order valence-electron chi connectivity index (χ2n) is 4.63. The zero-order valence-corrected chi connectivity index (χ0v) is 11.4. The van der Waals surface area contributed by atoms with Crippen LogP contribution in [0, 0.1) is 11.8 Å². The van der Waals surface area contributed by atoms with E-state index in [1.54, 1.807) is 6.07 Å². The summed E-state index contributed by atoms with van der Waals surface area (Å²) in [4.78, 5) is 25.2. The van der Waals surface area contributed by atoms with Crippen molar-refractivity contribution < 1.29 is 14.0 Å². The summed E-state index contributed by atoms with van der Waals surface area (Å²) >= 11 is 3.15. The Morgan fingerprint density at radius 3 is 2.76 bits per heavy atom. The molecule has 17 heavy (non-hydrogen) atoms. The maximum absolute atomic E-state index is 12.1. The lowest BCUT2D eigenvalue weighted by molar-refractivity contribution is -0.125. The number of furan rings is 1. The van der Waals surface area contributed by atoms with E-state index in [2.05, 4.69) is 29.8 Å². The Kier molecular flexibility index (Phi) is 3.38. The fraction of sp³-hybridized carbons (Fsp3) is 0.500. The minimum absolute atomic E-state index is 0.0956. The average molecular weight is 300 g/mol. The molecule has 1 fully saturated rings. The van der Waals surface area contributed by atoms with Crippen LogP contribution >= 0.6 is 15.9 Å². The van der Waals surface area contributed by atoms with E-state index in [1.165, 1.54) is 11.2 Å². The van der Waals surface area contributed by atoms with Gasteiger partial charge in [0.2, 0.25) is 5.91 Å². The van der Waals surface area contributed by atoms with Crippen molar-refractivity contribution in [2.24, 2.45) is 11.8 Å². The minimum atomic E-state index is -0.279. The topological polar surface area (TPSA) is 50.5 Å². The van der Waals surface area contributed by atoms with Gasteiger partial charge in [-0.2, -0.15) is 0 Å². The number of rotatable bonds is 2. The first kappa shape index (κ1) is 12.4. The second kappa shape index (κ2) is 4.64. The van der Waals surface area contributed by atoms with Crippen molar-refractivity contribution in [1.82, 2.24) is 4.90 Å². The molecule has 92 valence electrons. The van der Waals surface area contributed by atoms with Crippen molar-refractivity contribution in [1.29, 1.82) is 0 Å². The quantitative estimate of drug-likeness (QED) is 0.789. The molecule has 1 aliphatic rings. The van der Waals surface area contributed by atoms with E-state index >= 15 is 0 Å². The first-order valence-electron chi connectivity index (χ1n) is 5.58. The maximum Gasteiger partial charge on any atom is 0.264 e. The van der Waals surface area contributed by atoms with Crippen molar-refractivity contribution in [3.63, 3.8) is 0 Å². The number of carbonyl (C=O) groups excluding carboxylic acids is 2. The zero-order valence-electron chi connectivity index (χ0n) is 9.77. The molecule has 0 spiro atoms. The van der Waals surface area contributed by atoms with E-state index < -0.39 is 0 Å². The van der Waals surface area contributed by atoms with Crippen molar-refractivity contribution in [3.05, 3.63) is 22.6 Å². The van der Waals surface area contributed by atoms with Crippen molar-refractivity contribution >= 4 is 27.7 Å². The Hall–Kier alpha value is -1.10. The number of likely N-dealkylation sites (tertiary alicyclic amines) is 1. The standard InChI is InChI=1S/C12H14BrNO3/c1-7(2)8-5-10(15)14(6-8)12(16)9-3-4-17-11(9)13/h3-4,7-8H,5-6H2,1-2H3. The van der Waals surface area contributed by atoms with Crippen LogP contribution in [0.1, 0.15) is 30.6 Å². The van der Waals surface area contributed by atoms with Gasteiger partial charge in [0.25, 0.3) is 5.91 Å². The molecule has 1 unspecified atom stereocenters. The molecule has 0 radical (unpaired) electrons. The monoisotopic (exact) mass is 299 g/mol. The van der Waals surface area contributed by atoms with Gasteiger partial charge in [0.15, 0.2) is 4.67 Å². The first-order chi connectivity index (χ1) is 8.00. The molecule has 2 heterocycles. The number of amides is 2. The summed E-state index contributed by atoms with van der Waals surface area (Å²) in [6, 6.07) is 1.57. The van der Waals surface area contributed by atoms with E-state index in [0.717, 1.165) is 0 Å². The third-order valence-electron chi connectivity index (χ3n) is 3.19. The van der Waals surface area contributed by atoms with Crippen molar-refractivity contribution in [3.8, 4) is 0 Å². The maximum atomic E-state index is 12.1. The van der Waals surface area contributed by atoms with E-state index in [1.807, 2.05) is 0 Å². The number of hydrogen-bond acceptors (Lipinski definition) is 3. The van der Waals surface area contributed by atoms with Gasteiger partial charge in [-0.3, -0.25) is 14.5 Å². The van der Waals surface area contributed by atoms with Crippen LogP contribution in [0.3, 0.4) is 0 Å². The summed E-state index contributed by atoms with van der Waals surface area (Å²) in [6.45, 7) is 4.65. The van der Waals surface area contributed by atoms with Gasteiger partial charge < -0.3 is 4.42 Å². The van der Waals surface area contributed by atoms with E-state index in [9.17, 15) is 9.59 Å². The van der Waals surface area contributed by atoms with Crippen LogP contribution in [0.25, 0.3) is 0 Å². The summed E-state index contributed by atoms with van der Waals surface area (Å²) in [5.41, 5.74) is 0.405. The Morgan fingerprint density at radius 2 is 2.29 bits per heavy atom. The molecule has 1 aliphatic heterocycles. The van der Waals surface area contributed by atoms with E-state index in [0.29, 0.717) is 29.1 Å². The fourth-order valence-corrected chi connectivity index (χ4v) is 2.38. The smallest absolute Gasteiger partial charge is 0.264 e. The van der Waals surface area contributed by atoms with Crippen LogP contribution in [0.15, 0.2) is 21.4 Å². The normalized spacial score (nSPS) is 20.4. The summed E-state index contributed by atoms with van der Waals surface area (Å²) in [5.74, 6) is 0.294. The van der Waals surface area contributed by atoms with Crippen LogP contribution in [0.4, 0.5) is 0 Å². The number of halogens is 1. The molecule has 0 aromatic carbocycles. The average Bonchev–Trinajstić information content (AvgIpc) is 2.83. The first-order valence-corrected chi connectivity index (χ1v) is 6.37. The highest BCUT2D eigenvalue weighted by molar-refractivity contribution is 9.10. The minimum Gasteiger partial charge on any atom is -0.457 e. The lowest BCUT2D eigenvalue weighted by Crippen LogP contribution is -2.32. The highest BCUT2D eigenvalue weighted by atomic mass is 79.9. The molecule has 1 saturated heterocycles. The SMILES string of the molecule is CC(C)C1CC(=O)N(C(=O)c2ccoc2Br)C1. The molecule has 0 saturated carbocycles. The van der Waals surface area contributed by atoms with Crippen LogP contribution in [0.5, 0.6) is 0 Å². The molecular formula is C12H14BrNO3. The van der Waals surface area contributed by atoms with Gasteiger partial charge in [0.05, 0.1) is 11.8 Å². The Labute approximate surface area is 108 Å². The van der Waals surface area contributed by atoms with Crippen LogP contribution < -0.4 is 0 Å². The van der Waals surface area contributed by atoms with E-state index in [-0.39, 0.29) is 17.7 Å². The Balaban J connectivity index is 2.17. The summed E-state index contributed by atoms with van der Waals surface area (Å²) in [6.07, 6.45) is 1.89. The molecule has 1 aromatic rings. The molecule has 4 nitrogen and oxygen atoms in total. The molecule has 0 N–H and O–H groups in total. The summed E-state index contributed by atoms with van der Waals surface area (Å²) in [5, 5.41) is 0. The van der Waals surface area contributed by atoms with Gasteiger partial charge in [-0.1, -0.05) is 13.8 Å². The lowest BCUT2D eigenvalue weighted by Gasteiger charge is -2.15. The predicted octanol–water partition coefficient (Wildman–Crippen LogP) is 2.69.